The van der Waals surface area contributed by atoms with Gasteiger partial charge >= 0.3 is 0 Å². The summed E-state index contributed by atoms with van der Waals surface area (Å²) in [5, 5.41) is 3.03. The number of hydrogen-bond donors (Lipinski definition) is 2. The quantitative estimate of drug-likeness (QED) is 0.836. The van der Waals surface area contributed by atoms with Crippen molar-refractivity contribution in [2.24, 2.45) is 5.73 Å². The van der Waals surface area contributed by atoms with Gasteiger partial charge in [0.25, 0.3) is 0 Å². The van der Waals surface area contributed by atoms with E-state index in [0.29, 0.717) is 17.2 Å². The van der Waals surface area contributed by atoms with Crippen molar-refractivity contribution >= 4 is 23.0 Å². The lowest BCUT2D eigenvalue weighted by Crippen LogP contribution is -2.18. The summed E-state index contributed by atoms with van der Waals surface area (Å²) >= 11 is 4.78. The molecule has 0 amide bonds. The van der Waals surface area contributed by atoms with Gasteiger partial charge in [-0.3, -0.25) is 4.98 Å². The van der Waals surface area contributed by atoms with Crippen LogP contribution in [-0.2, 0) is 0 Å². The SMILES string of the molecule is COc1cc(NC(N)=S)ccc1Oc1cccnc1. The summed E-state index contributed by atoms with van der Waals surface area (Å²) in [5.74, 6) is 1.80. The second kappa shape index (κ2) is 6.01. The van der Waals surface area contributed by atoms with Crippen LogP contribution in [0.25, 0.3) is 0 Å². The molecule has 0 atom stereocenters. The van der Waals surface area contributed by atoms with Gasteiger partial charge in [0.15, 0.2) is 16.6 Å². The Labute approximate surface area is 116 Å². The van der Waals surface area contributed by atoms with Crippen LogP contribution in [0.4, 0.5) is 5.69 Å². The highest BCUT2D eigenvalue weighted by molar-refractivity contribution is 7.80. The number of nitrogens with one attached hydrogen (secondary N) is 1. The number of nitrogens with zero attached hydrogens (tertiary/aromatic N) is 1. The molecule has 0 aliphatic heterocycles. The van der Waals surface area contributed by atoms with Crippen LogP contribution >= 0.6 is 12.2 Å². The standard InChI is InChI=1S/C13H13N3O2S/c1-17-12-7-9(16-13(14)19)4-5-11(12)18-10-3-2-6-15-8-10/h2-8H,1H3,(H3,14,16,19). The minimum absolute atomic E-state index is 0.197. The first-order valence-electron chi connectivity index (χ1n) is 5.51. The number of anilines is 1. The molecule has 3 N–H and O–H groups in total. The van der Waals surface area contributed by atoms with Crippen LogP contribution in [0.15, 0.2) is 42.7 Å². The van der Waals surface area contributed by atoms with Crippen molar-refractivity contribution < 1.29 is 9.47 Å². The van der Waals surface area contributed by atoms with E-state index in [1.54, 1.807) is 43.8 Å². The third-order valence-electron chi connectivity index (χ3n) is 2.29. The molecular weight excluding hydrogens is 262 g/mol. The van der Waals surface area contributed by atoms with Crippen molar-refractivity contribution in [3.05, 3.63) is 42.7 Å². The highest BCUT2D eigenvalue weighted by Crippen LogP contribution is 2.33. The molecule has 0 saturated carbocycles. The van der Waals surface area contributed by atoms with E-state index in [1.165, 1.54) is 0 Å². The number of benzene rings is 1. The van der Waals surface area contributed by atoms with Crippen LogP contribution in [0, 0.1) is 0 Å². The molecule has 98 valence electrons. The van der Waals surface area contributed by atoms with Gasteiger partial charge in [-0.15, -0.1) is 0 Å². The number of nitrogens with two attached hydrogens (primary N) is 1. The lowest BCUT2D eigenvalue weighted by Gasteiger charge is -2.12. The lowest BCUT2D eigenvalue weighted by atomic mass is 10.2. The molecule has 1 heterocycles. The van der Waals surface area contributed by atoms with Crippen molar-refractivity contribution in [1.29, 1.82) is 0 Å². The Kier molecular flexibility index (Phi) is 4.15. The van der Waals surface area contributed by atoms with Crippen LogP contribution in [0.5, 0.6) is 17.2 Å². The highest BCUT2D eigenvalue weighted by Gasteiger charge is 2.07. The highest BCUT2D eigenvalue weighted by atomic mass is 32.1. The van der Waals surface area contributed by atoms with E-state index >= 15 is 0 Å². The van der Waals surface area contributed by atoms with Crippen molar-refractivity contribution in [2.45, 2.75) is 0 Å². The number of pyridine rings is 1. The molecular formula is C13H13N3O2S. The van der Waals surface area contributed by atoms with E-state index in [4.69, 9.17) is 27.4 Å². The Balaban J connectivity index is 2.23. The second-order valence-corrected chi connectivity index (χ2v) is 4.09. The Bertz CT molecular complexity index is 575. The summed E-state index contributed by atoms with van der Waals surface area (Å²) in [6.07, 6.45) is 3.31. The minimum atomic E-state index is 0.197. The Hall–Kier alpha value is -2.34. The number of ether oxygens (including phenoxy) is 2. The Morgan fingerprint density at radius 2 is 2.16 bits per heavy atom. The third kappa shape index (κ3) is 3.56. The van der Waals surface area contributed by atoms with Gasteiger partial charge in [-0.25, -0.2) is 0 Å². The zero-order chi connectivity index (χ0) is 13.7. The van der Waals surface area contributed by atoms with E-state index in [0.717, 1.165) is 5.69 Å². The molecule has 1 aromatic heterocycles. The van der Waals surface area contributed by atoms with Crippen LogP contribution in [-0.4, -0.2) is 17.2 Å². The normalized spacial score (nSPS) is 9.74. The molecule has 5 nitrogen and oxygen atoms in total. The van der Waals surface area contributed by atoms with E-state index in [-0.39, 0.29) is 5.11 Å². The summed E-state index contributed by atoms with van der Waals surface area (Å²) in [6, 6.07) is 8.93. The van der Waals surface area contributed by atoms with Gasteiger partial charge in [-0.1, -0.05) is 0 Å². The van der Waals surface area contributed by atoms with E-state index in [9.17, 15) is 0 Å². The van der Waals surface area contributed by atoms with Gasteiger partial charge in [0, 0.05) is 18.0 Å². The first-order chi connectivity index (χ1) is 9.19. The number of hydrogen-bond acceptors (Lipinski definition) is 4. The van der Waals surface area contributed by atoms with Crippen molar-refractivity contribution in [3.8, 4) is 17.2 Å². The van der Waals surface area contributed by atoms with Crippen LogP contribution in [0.1, 0.15) is 0 Å². The monoisotopic (exact) mass is 275 g/mol. The maximum Gasteiger partial charge on any atom is 0.169 e. The largest absolute Gasteiger partial charge is 0.493 e. The second-order valence-electron chi connectivity index (χ2n) is 3.65. The molecule has 0 spiro atoms. The van der Waals surface area contributed by atoms with E-state index in [1.807, 2.05) is 6.07 Å². The molecule has 0 aliphatic rings. The molecule has 0 bridgehead atoms. The Morgan fingerprint density at radius 1 is 1.32 bits per heavy atom. The van der Waals surface area contributed by atoms with Crippen LogP contribution in [0.3, 0.4) is 0 Å². The van der Waals surface area contributed by atoms with E-state index < -0.39 is 0 Å². The average molecular weight is 275 g/mol. The van der Waals surface area contributed by atoms with Crippen LogP contribution in [0.2, 0.25) is 0 Å². The molecule has 2 rings (SSSR count). The predicted molar refractivity (Wildman–Crippen MR) is 77.7 cm³/mol. The number of thiocarbonyl (C=S) groups is 1. The predicted octanol–water partition coefficient (Wildman–Crippen LogP) is 2.54. The first kappa shape index (κ1) is 13.1. The van der Waals surface area contributed by atoms with Crippen molar-refractivity contribution in [2.75, 3.05) is 12.4 Å². The summed E-state index contributed by atoms with van der Waals surface area (Å²) in [6.45, 7) is 0. The zero-order valence-electron chi connectivity index (χ0n) is 10.3. The molecule has 0 fully saturated rings. The number of rotatable bonds is 4. The minimum Gasteiger partial charge on any atom is -0.493 e. The summed E-state index contributed by atoms with van der Waals surface area (Å²) in [7, 11) is 1.57. The maximum atomic E-state index is 5.68. The lowest BCUT2D eigenvalue weighted by molar-refractivity contribution is 0.378. The van der Waals surface area contributed by atoms with Gasteiger partial charge in [0.2, 0.25) is 0 Å². The smallest absolute Gasteiger partial charge is 0.169 e. The van der Waals surface area contributed by atoms with Crippen molar-refractivity contribution in [3.63, 3.8) is 0 Å². The maximum absolute atomic E-state index is 5.68. The zero-order valence-corrected chi connectivity index (χ0v) is 11.1. The molecule has 6 heteroatoms. The molecule has 0 aliphatic carbocycles. The molecule has 0 unspecified atom stereocenters. The topological polar surface area (TPSA) is 69.4 Å². The van der Waals surface area contributed by atoms with E-state index in [2.05, 4.69) is 10.3 Å². The van der Waals surface area contributed by atoms with Gasteiger partial charge in [-0.2, -0.15) is 0 Å². The fourth-order valence-electron chi connectivity index (χ4n) is 1.51. The molecule has 0 saturated heterocycles. The fourth-order valence-corrected chi connectivity index (χ4v) is 1.62. The average Bonchev–Trinajstić information content (AvgIpc) is 2.41. The Morgan fingerprint density at radius 3 is 2.79 bits per heavy atom. The third-order valence-corrected chi connectivity index (χ3v) is 2.40. The molecule has 0 radical (unpaired) electrons. The van der Waals surface area contributed by atoms with Gasteiger partial charge in [0.05, 0.1) is 13.3 Å². The number of methoxy groups -OCH3 is 1. The fraction of sp³-hybridized carbons (Fsp3) is 0.0769. The first-order valence-corrected chi connectivity index (χ1v) is 5.92. The van der Waals surface area contributed by atoms with Gasteiger partial charge in [-0.05, 0) is 36.5 Å². The summed E-state index contributed by atoms with van der Waals surface area (Å²) in [4.78, 5) is 3.98. The summed E-state index contributed by atoms with van der Waals surface area (Å²) < 4.78 is 11.0. The molecule has 19 heavy (non-hydrogen) atoms. The molecule has 2 aromatic rings. The summed E-state index contributed by atoms with van der Waals surface area (Å²) in [5.41, 5.74) is 6.16. The van der Waals surface area contributed by atoms with Crippen LogP contribution < -0.4 is 20.5 Å². The van der Waals surface area contributed by atoms with Gasteiger partial charge < -0.3 is 20.5 Å². The van der Waals surface area contributed by atoms with Crippen molar-refractivity contribution in [1.82, 2.24) is 4.98 Å². The number of aromatic nitrogens is 1. The van der Waals surface area contributed by atoms with Gasteiger partial charge in [0.1, 0.15) is 5.75 Å². The molecule has 1 aromatic carbocycles.